The van der Waals surface area contributed by atoms with Gasteiger partial charge in [0.15, 0.2) is 17.3 Å². The number of carbonyl (C=O) groups is 6. The molecule has 4 aromatic heterocycles. The lowest BCUT2D eigenvalue weighted by atomic mass is 10.0. The van der Waals surface area contributed by atoms with E-state index in [-0.39, 0.29) is 60.7 Å². The number of hydrogen-bond donors (Lipinski definition) is 1. The second-order valence-corrected chi connectivity index (χ2v) is 34.2. The molecule has 0 radical (unpaired) electrons. The van der Waals surface area contributed by atoms with Crippen molar-refractivity contribution in [3.05, 3.63) is 292 Å². The van der Waals surface area contributed by atoms with Gasteiger partial charge in [0, 0.05) is 92.1 Å². The summed E-state index contributed by atoms with van der Waals surface area (Å²) in [5.41, 5.74) is 16.7. The molecule has 0 unspecified atom stereocenters. The van der Waals surface area contributed by atoms with Crippen LogP contribution in [0.1, 0.15) is 173 Å². The zero-order valence-electron chi connectivity index (χ0n) is 60.7. The number of allylic oxidation sites excluding steroid dienone is 1. The highest BCUT2D eigenvalue weighted by molar-refractivity contribution is 9.11. The number of hydrogen-bond acceptors (Lipinski definition) is 13. The van der Waals surface area contributed by atoms with Crippen molar-refractivity contribution in [1.82, 2.24) is 9.55 Å². The van der Waals surface area contributed by atoms with Crippen LogP contribution in [0, 0.1) is 23.3 Å². The predicted molar refractivity (Wildman–Crippen MR) is 462 cm³/mol. The van der Waals surface area contributed by atoms with Crippen molar-refractivity contribution in [1.29, 1.82) is 0 Å². The van der Waals surface area contributed by atoms with E-state index in [4.69, 9.17) is 16.3 Å². The molecule has 11 aromatic rings. The third-order valence-corrected chi connectivity index (χ3v) is 25.6. The van der Waals surface area contributed by atoms with E-state index in [2.05, 4.69) is 147 Å². The number of Topliss-reactive ketones (excluding diaryl/α,β-unsaturated/α-hetero) is 3. The minimum absolute atomic E-state index is 0. The first-order chi connectivity index (χ1) is 53.6. The van der Waals surface area contributed by atoms with Gasteiger partial charge in [0.05, 0.1) is 40.1 Å². The molecule has 582 valence electrons. The van der Waals surface area contributed by atoms with E-state index in [0.717, 1.165) is 169 Å². The van der Waals surface area contributed by atoms with E-state index >= 15 is 0 Å². The molecule has 0 N–H and O–H groups in total. The Kier molecular flexibility index (Phi) is 32.3. The molecule has 23 heteroatoms. The van der Waals surface area contributed by atoms with Crippen LogP contribution in [0.25, 0.3) is 42.0 Å². The predicted octanol–water partition coefficient (Wildman–Crippen LogP) is 25.4. The third-order valence-electron chi connectivity index (χ3n) is 19.2. The number of carbonyl (C=O) groups excluding carboxylic acids is 6. The van der Waals surface area contributed by atoms with Gasteiger partial charge in [-0.3, -0.25) is 24.0 Å². The van der Waals surface area contributed by atoms with Gasteiger partial charge in [0.25, 0.3) is 0 Å². The van der Waals surface area contributed by atoms with E-state index in [9.17, 15) is 46.3 Å². The zero-order valence-corrected chi connectivity index (χ0v) is 71.2. The Bertz CT molecular complexity index is 5250. The Hall–Kier alpha value is -7.51. The van der Waals surface area contributed by atoms with Crippen molar-refractivity contribution < 1.29 is 55.8 Å². The molecule has 0 bridgehead atoms. The standard InChI is InChI=1S/C24H18F2N2OS.C21H15BrF2OS.C16H15BrO2S.C12H10BrClO.C11H11BrO.C4H8O2S.CH4/c25-20-5-2-6-21(26)19(20)13-22(29)23-11-16-4-1-3-15-7-8-17(28-10-9-27-14-28)12-18(15)24(16)30-23;22-14-8-7-12-3-1-4-13-9-20(26-21(13)15(12)10-14)19(25)11-16-17(23)5-2-6-18(16)24;1-2-19-16(18)14-8-11-5-3-4-10-6-7-12(17)9-13(10)15(11)20-14;13-10-5-4-8-2-1-3-9(7-15)12(14)11(8)6-10;12-9-6-5-8-3-1-2-4-11(13)10(8)7-9;1-2-6-4(5)3-7;/h2,5-12,14H,1,3-4,13H2;2,5-10H,1,3-4,11H2;6-9H,2-5H2,1H3;4-7H,1-3H2;5-7H,1-4H2;7H,2-3H2,1H3;1H4. The summed E-state index contributed by atoms with van der Waals surface area (Å²) < 4.78 is 71.3. The summed E-state index contributed by atoms with van der Waals surface area (Å²) in [5.74, 6) is -3.21. The van der Waals surface area contributed by atoms with Crippen molar-refractivity contribution >= 4 is 163 Å². The zero-order chi connectivity index (χ0) is 78.8. The van der Waals surface area contributed by atoms with Crippen molar-refractivity contribution in [3.8, 4) is 37.0 Å². The number of thiophene rings is 3. The molecule has 0 saturated carbocycles. The maximum absolute atomic E-state index is 14.0. The topological polar surface area (TPSA) is 139 Å². The maximum atomic E-state index is 14.0. The average molecular weight is 1870 g/mol. The normalized spacial score (nSPS) is 13.4. The molecule has 0 saturated heterocycles. The fourth-order valence-corrected chi connectivity index (χ4v) is 19.1. The largest absolute Gasteiger partial charge is 0.465 e. The van der Waals surface area contributed by atoms with Gasteiger partial charge in [-0.1, -0.05) is 125 Å². The number of ether oxygens (including phenoxy) is 2. The number of thiol groups is 1. The number of halogens is 9. The lowest BCUT2D eigenvalue weighted by Gasteiger charge is -2.10. The summed E-state index contributed by atoms with van der Waals surface area (Å²) in [6.45, 7) is 4.47. The molecular formula is C89H81Br4ClF4N2O8S4. The van der Waals surface area contributed by atoms with E-state index in [1.165, 1.54) is 103 Å². The third kappa shape index (κ3) is 22.3. The van der Waals surface area contributed by atoms with Gasteiger partial charge in [0.1, 0.15) is 34.4 Å². The minimum atomic E-state index is -0.684. The molecule has 0 aliphatic heterocycles. The van der Waals surface area contributed by atoms with Gasteiger partial charge in [-0.05, 0) is 280 Å². The average Bonchev–Trinajstić information content (AvgIpc) is 1.64. The van der Waals surface area contributed by atoms with Crippen LogP contribution in [0.2, 0.25) is 0 Å². The lowest BCUT2D eigenvalue weighted by molar-refractivity contribution is -0.139. The van der Waals surface area contributed by atoms with Gasteiger partial charge in [-0.25, -0.2) is 27.3 Å². The minimum Gasteiger partial charge on any atom is -0.465 e. The van der Waals surface area contributed by atoms with Gasteiger partial charge >= 0.3 is 11.9 Å². The Balaban J connectivity index is 0.000000149. The molecule has 0 amide bonds. The molecule has 7 aromatic carbocycles. The monoisotopic (exact) mass is 1860 g/mol. The van der Waals surface area contributed by atoms with Crippen LogP contribution in [-0.4, -0.2) is 64.1 Å². The fraction of sp³-hybridized carbons (Fsp3) is 0.270. The second-order valence-electron chi connectivity index (χ2n) is 26.7. The smallest absolute Gasteiger partial charge is 0.348 e. The molecule has 5 aliphatic carbocycles. The first-order valence-electron chi connectivity index (χ1n) is 36.5. The molecule has 0 fully saturated rings. The number of ketones is 3. The maximum Gasteiger partial charge on any atom is 0.348 e. The van der Waals surface area contributed by atoms with Crippen LogP contribution >= 0.6 is 122 Å². The molecular weight excluding hydrogens is 1780 g/mol. The van der Waals surface area contributed by atoms with Crippen LogP contribution in [0.4, 0.5) is 17.6 Å². The van der Waals surface area contributed by atoms with E-state index in [1.54, 1.807) is 30.8 Å². The Morgan fingerprint density at radius 2 is 0.875 bits per heavy atom. The van der Waals surface area contributed by atoms with Crippen molar-refractivity contribution in [3.63, 3.8) is 0 Å². The summed E-state index contributed by atoms with van der Waals surface area (Å²) in [7, 11) is 0. The van der Waals surface area contributed by atoms with Gasteiger partial charge < -0.3 is 14.0 Å². The summed E-state index contributed by atoms with van der Waals surface area (Å²) in [4.78, 5) is 79.4. The Labute approximate surface area is 706 Å². The number of fused-ring (bicyclic) bond motifs is 11. The molecule has 112 heavy (non-hydrogen) atoms. The van der Waals surface area contributed by atoms with E-state index < -0.39 is 23.3 Å². The van der Waals surface area contributed by atoms with Crippen LogP contribution in [0.15, 0.2) is 188 Å². The second kappa shape index (κ2) is 41.7. The van der Waals surface area contributed by atoms with Crippen molar-refractivity contribution in [2.45, 2.75) is 137 Å². The molecule has 10 nitrogen and oxygen atoms in total. The highest BCUT2D eigenvalue weighted by Crippen LogP contribution is 2.44. The number of esters is 2. The number of benzene rings is 7. The number of aldehydes is 1. The Morgan fingerprint density at radius 3 is 1.31 bits per heavy atom. The van der Waals surface area contributed by atoms with Crippen molar-refractivity contribution in [2.24, 2.45) is 0 Å². The SMILES string of the molecule is C.CCOC(=O)CS.CCOC(=O)c1cc2c(s1)-c1cc(Br)ccc1CCC2.O=C(Cc1c(F)cccc1F)c1cc2c(s1)-c1cc(-n3ccnc3)ccc1CCC2.O=C(Cc1c(F)cccc1F)c1cc2c(s1)-c1cc(Br)ccc1CCC2.O=C1CCCCc2ccc(Br)cc21.O=CC1=C(Cl)c2cc(Br)ccc2CCC1. The highest BCUT2D eigenvalue weighted by Gasteiger charge is 2.27. The van der Waals surface area contributed by atoms with Gasteiger partial charge in [0.2, 0.25) is 0 Å². The van der Waals surface area contributed by atoms with Crippen LogP contribution < -0.4 is 0 Å². The number of imidazole rings is 1. The molecule has 0 atom stereocenters. The molecule has 4 heterocycles. The van der Waals surface area contributed by atoms with Crippen LogP contribution in [-0.2, 0) is 83.3 Å². The van der Waals surface area contributed by atoms with E-state index in [1.807, 2.05) is 66.2 Å². The number of aryl methyl sites for hydroxylation is 8. The number of aromatic nitrogens is 2. The van der Waals surface area contributed by atoms with Crippen LogP contribution in [0.3, 0.4) is 0 Å². The Morgan fingerprint density at radius 1 is 0.491 bits per heavy atom. The van der Waals surface area contributed by atoms with Crippen LogP contribution in [0.5, 0.6) is 0 Å². The summed E-state index contributed by atoms with van der Waals surface area (Å²) in [5, 5.41) is 0.610. The van der Waals surface area contributed by atoms with Gasteiger partial charge in [-0.15, -0.1) is 34.0 Å². The quantitative estimate of drug-likeness (QED) is 0.0316. The molecule has 5 aliphatic rings. The molecule has 0 spiro atoms. The first kappa shape index (κ1) is 86.9. The number of nitrogens with zero attached hydrogens (tertiary/aromatic N) is 2. The summed E-state index contributed by atoms with van der Waals surface area (Å²) in [6.07, 6.45) is 21.4. The summed E-state index contributed by atoms with van der Waals surface area (Å²) in [6, 6.07) is 44.2. The van der Waals surface area contributed by atoms with E-state index in [0.29, 0.717) is 50.7 Å². The van der Waals surface area contributed by atoms with Gasteiger partial charge in [-0.2, -0.15) is 12.6 Å². The highest BCUT2D eigenvalue weighted by atomic mass is 79.9. The number of rotatable bonds is 12. The molecule has 16 rings (SSSR count). The first-order valence-corrected chi connectivity index (χ1v) is 43.1. The van der Waals surface area contributed by atoms with Crippen molar-refractivity contribution in [2.75, 3.05) is 19.0 Å². The summed E-state index contributed by atoms with van der Waals surface area (Å²) >= 11 is 28.2. The fourth-order valence-electron chi connectivity index (χ4n) is 13.7. The lowest BCUT2D eigenvalue weighted by Crippen LogP contribution is -2.05.